The van der Waals surface area contributed by atoms with Gasteiger partial charge in [0.05, 0.1) is 11.4 Å². The van der Waals surface area contributed by atoms with Crippen LogP contribution in [0.3, 0.4) is 0 Å². The van der Waals surface area contributed by atoms with Crippen LogP contribution in [0, 0.1) is 0 Å². The molecular weight excluding hydrogens is 737 g/mol. The molecule has 288 valence electrons. The quantitative estimate of drug-likeness (QED) is 0.161. The van der Waals surface area contributed by atoms with E-state index >= 15 is 0 Å². The Morgan fingerprint density at radius 1 is 0.295 bits per heavy atom. The zero-order valence-electron chi connectivity index (χ0n) is 34.2. The van der Waals surface area contributed by atoms with Crippen LogP contribution in [0.25, 0.3) is 100 Å². The van der Waals surface area contributed by atoms with Gasteiger partial charge in [-0.3, -0.25) is 0 Å². The van der Waals surface area contributed by atoms with Gasteiger partial charge in [0.2, 0.25) is 0 Å². The summed E-state index contributed by atoms with van der Waals surface area (Å²) in [5.74, 6) is 0.701. The lowest BCUT2D eigenvalue weighted by atomic mass is 9.78. The van der Waals surface area contributed by atoms with Gasteiger partial charge in [-0.1, -0.05) is 202 Å². The van der Waals surface area contributed by atoms with Crippen molar-refractivity contribution in [3.63, 3.8) is 0 Å². The van der Waals surface area contributed by atoms with Crippen LogP contribution >= 0.6 is 0 Å². The molecule has 0 atom stereocenters. The average Bonchev–Trinajstić information content (AvgIpc) is 3.57. The molecule has 0 fully saturated rings. The molecule has 0 N–H and O–H groups in total. The Hall–Kier alpha value is -7.68. The summed E-state index contributed by atoms with van der Waals surface area (Å²) in [5.41, 5.74) is 19.7. The van der Waals surface area contributed by atoms with Crippen molar-refractivity contribution in [1.29, 1.82) is 0 Å². The summed E-state index contributed by atoms with van der Waals surface area (Å²) in [4.78, 5) is 10.5. The number of hydrogen-bond acceptors (Lipinski definition) is 2. The van der Waals surface area contributed by atoms with Gasteiger partial charge in [-0.15, -0.1) is 0 Å². The molecule has 9 aromatic carbocycles. The highest BCUT2D eigenvalue weighted by molar-refractivity contribution is 6.06. The van der Waals surface area contributed by atoms with E-state index in [2.05, 4.69) is 214 Å². The van der Waals surface area contributed by atoms with Gasteiger partial charge in [-0.05, 0) is 108 Å². The Labute approximate surface area is 357 Å². The largest absolute Gasteiger partial charge is 0.228 e. The summed E-state index contributed by atoms with van der Waals surface area (Å²) in [5, 5.41) is 2.32. The highest BCUT2D eigenvalue weighted by Crippen LogP contribution is 2.52. The normalized spacial score (nSPS) is 12.6. The molecule has 1 heterocycles. The highest BCUT2D eigenvalue weighted by atomic mass is 14.9. The van der Waals surface area contributed by atoms with Crippen molar-refractivity contribution in [3.8, 4) is 89.5 Å². The van der Waals surface area contributed by atoms with Crippen molar-refractivity contribution >= 4 is 10.8 Å². The predicted molar refractivity (Wildman–Crippen MR) is 255 cm³/mol. The number of nitrogens with zero attached hydrogens (tertiary/aromatic N) is 2. The molecule has 2 nitrogen and oxygen atoms in total. The number of fused-ring (bicyclic) bond motifs is 4. The monoisotopic (exact) mass is 778 g/mol. The zero-order valence-corrected chi connectivity index (χ0v) is 34.2. The van der Waals surface area contributed by atoms with Crippen LogP contribution in [0.1, 0.15) is 25.0 Å². The van der Waals surface area contributed by atoms with Crippen molar-refractivity contribution in [2.24, 2.45) is 0 Å². The molecule has 0 saturated carbocycles. The van der Waals surface area contributed by atoms with Crippen LogP contribution in [0.4, 0.5) is 0 Å². The molecule has 0 aliphatic heterocycles. The maximum absolute atomic E-state index is 5.29. The van der Waals surface area contributed by atoms with E-state index in [1.807, 2.05) is 18.2 Å². The summed E-state index contributed by atoms with van der Waals surface area (Å²) < 4.78 is 0. The molecule has 0 radical (unpaired) electrons. The fraction of sp³-hybridized carbons (Fsp3) is 0.0508. The van der Waals surface area contributed by atoms with Crippen molar-refractivity contribution in [1.82, 2.24) is 9.97 Å². The first-order valence-corrected chi connectivity index (χ1v) is 21.1. The van der Waals surface area contributed by atoms with Crippen molar-refractivity contribution in [2.75, 3.05) is 0 Å². The van der Waals surface area contributed by atoms with Crippen LogP contribution in [0.2, 0.25) is 0 Å². The first-order chi connectivity index (χ1) is 30.0. The topological polar surface area (TPSA) is 25.8 Å². The number of rotatable bonds is 7. The molecule has 0 bridgehead atoms. The van der Waals surface area contributed by atoms with Crippen molar-refractivity contribution in [2.45, 2.75) is 19.3 Å². The molecule has 0 amide bonds. The lowest BCUT2D eigenvalue weighted by Crippen LogP contribution is -2.16. The van der Waals surface area contributed by atoms with Gasteiger partial charge in [0.25, 0.3) is 0 Å². The minimum absolute atomic E-state index is 0.141. The lowest BCUT2D eigenvalue weighted by Gasteiger charge is -2.25. The third-order valence-electron chi connectivity index (χ3n) is 12.5. The van der Waals surface area contributed by atoms with Crippen molar-refractivity contribution in [3.05, 3.63) is 230 Å². The van der Waals surface area contributed by atoms with Gasteiger partial charge in [0.15, 0.2) is 5.82 Å². The molecule has 10 aromatic rings. The maximum atomic E-state index is 5.29. The summed E-state index contributed by atoms with van der Waals surface area (Å²) in [6, 6.07) is 78.6. The molecular formula is C59H42N2. The third kappa shape index (κ3) is 6.45. The molecule has 1 aliphatic rings. The second-order valence-electron chi connectivity index (χ2n) is 16.5. The Bertz CT molecular complexity index is 3260. The predicted octanol–water partition coefficient (Wildman–Crippen LogP) is 15.6. The number of aromatic nitrogens is 2. The fourth-order valence-corrected chi connectivity index (χ4v) is 9.54. The Kier molecular flexibility index (Phi) is 8.86. The average molecular weight is 779 g/mol. The van der Waals surface area contributed by atoms with Crippen molar-refractivity contribution < 1.29 is 0 Å². The van der Waals surface area contributed by atoms with Gasteiger partial charge < -0.3 is 0 Å². The third-order valence-corrected chi connectivity index (χ3v) is 12.5. The smallest absolute Gasteiger partial charge is 0.160 e. The molecule has 1 aliphatic carbocycles. The standard InChI is InChI=1S/C59H42N2/c1-59(2)54-31-15-14-28-51(54)53-30-17-29-48(57(53)59)46-36-44(40-20-8-4-9-21-40)35-45(37-46)47-32-33-52(50-27-13-12-26-49(47)50)56-38-55(60-58(61-56)41-22-10-5-11-23-41)43-25-16-24-42(34-43)39-18-6-3-7-19-39/h3-38H,1-2H3. The van der Waals surface area contributed by atoms with E-state index in [0.29, 0.717) is 5.82 Å². The minimum atomic E-state index is -0.141. The Morgan fingerprint density at radius 2 is 0.770 bits per heavy atom. The van der Waals surface area contributed by atoms with Gasteiger partial charge in [0.1, 0.15) is 0 Å². The van der Waals surface area contributed by atoms with Crippen LogP contribution in [-0.4, -0.2) is 9.97 Å². The molecule has 1 aromatic heterocycles. The van der Waals surface area contributed by atoms with Gasteiger partial charge >= 0.3 is 0 Å². The Morgan fingerprint density at radius 3 is 1.51 bits per heavy atom. The second-order valence-corrected chi connectivity index (χ2v) is 16.5. The first-order valence-electron chi connectivity index (χ1n) is 21.1. The molecule has 61 heavy (non-hydrogen) atoms. The van der Waals surface area contributed by atoms with Gasteiger partial charge in [-0.2, -0.15) is 0 Å². The fourth-order valence-electron chi connectivity index (χ4n) is 9.54. The maximum Gasteiger partial charge on any atom is 0.160 e. The van der Waals surface area contributed by atoms with E-state index < -0.39 is 0 Å². The Balaban J connectivity index is 1.09. The van der Waals surface area contributed by atoms with E-state index in [4.69, 9.17) is 9.97 Å². The minimum Gasteiger partial charge on any atom is -0.228 e. The van der Waals surface area contributed by atoms with Crippen LogP contribution in [0.5, 0.6) is 0 Å². The molecule has 2 heteroatoms. The molecule has 0 spiro atoms. The second kappa shape index (κ2) is 14.9. The molecule has 11 rings (SSSR count). The van der Waals surface area contributed by atoms with E-state index in [1.54, 1.807) is 0 Å². The summed E-state index contributed by atoms with van der Waals surface area (Å²) in [6.07, 6.45) is 0. The van der Waals surface area contributed by atoms with E-state index in [0.717, 1.165) is 39.0 Å². The highest BCUT2D eigenvalue weighted by Gasteiger charge is 2.37. The van der Waals surface area contributed by atoms with E-state index in [9.17, 15) is 0 Å². The van der Waals surface area contributed by atoms with Gasteiger partial charge in [0, 0.05) is 22.1 Å². The molecule has 0 unspecified atom stereocenters. The van der Waals surface area contributed by atoms with Crippen LogP contribution in [-0.2, 0) is 5.41 Å². The SMILES string of the molecule is CC1(C)c2ccccc2-c2cccc(-c3cc(-c4ccccc4)cc(-c4ccc(-c5cc(-c6cccc(-c7ccccc7)c6)nc(-c6ccccc6)n5)c5ccccc45)c3)c21. The summed E-state index contributed by atoms with van der Waals surface area (Å²) in [6.45, 7) is 4.74. The van der Waals surface area contributed by atoms with E-state index in [-0.39, 0.29) is 5.41 Å². The molecule has 0 saturated heterocycles. The van der Waals surface area contributed by atoms with Crippen LogP contribution in [0.15, 0.2) is 218 Å². The summed E-state index contributed by atoms with van der Waals surface area (Å²) in [7, 11) is 0. The van der Waals surface area contributed by atoms with Crippen LogP contribution < -0.4 is 0 Å². The lowest BCUT2D eigenvalue weighted by molar-refractivity contribution is 0.662. The van der Waals surface area contributed by atoms with Gasteiger partial charge in [-0.25, -0.2) is 9.97 Å². The van der Waals surface area contributed by atoms with E-state index in [1.165, 1.54) is 66.6 Å². The summed E-state index contributed by atoms with van der Waals surface area (Å²) >= 11 is 0. The first kappa shape index (κ1) is 36.4. The number of hydrogen-bond donors (Lipinski definition) is 0. The number of benzene rings is 9. The zero-order chi connectivity index (χ0) is 40.9.